The third-order valence-electron chi connectivity index (χ3n) is 4.43. The lowest BCUT2D eigenvalue weighted by Gasteiger charge is -2.25. The molecule has 0 unspecified atom stereocenters. The molecular formula is C19H24N2. The molecule has 2 nitrogen and oxygen atoms in total. The smallest absolute Gasteiger partial charge is 0.0443 e. The summed E-state index contributed by atoms with van der Waals surface area (Å²) in [6.07, 6.45) is 4.68. The highest BCUT2D eigenvalue weighted by Gasteiger charge is 2.16. The molecule has 0 aromatic heterocycles. The molecule has 0 amide bonds. The van der Waals surface area contributed by atoms with Crippen LogP contribution in [0.25, 0.3) is 0 Å². The Hall–Kier alpha value is -1.80. The second-order valence-corrected chi connectivity index (χ2v) is 5.84. The maximum absolute atomic E-state index is 6.11. The van der Waals surface area contributed by atoms with E-state index in [-0.39, 0.29) is 6.04 Å². The van der Waals surface area contributed by atoms with Crippen LogP contribution in [-0.4, -0.2) is 6.54 Å². The van der Waals surface area contributed by atoms with Crippen molar-refractivity contribution < 1.29 is 0 Å². The Morgan fingerprint density at radius 2 is 1.81 bits per heavy atom. The van der Waals surface area contributed by atoms with Crippen molar-refractivity contribution in [1.82, 2.24) is 0 Å². The first-order chi connectivity index (χ1) is 10.3. The second-order valence-electron chi connectivity index (χ2n) is 5.84. The van der Waals surface area contributed by atoms with Crippen LogP contribution in [0.15, 0.2) is 48.5 Å². The number of nitrogens with zero attached hydrogens (tertiary/aromatic N) is 1. The van der Waals surface area contributed by atoms with Gasteiger partial charge in [-0.25, -0.2) is 0 Å². The zero-order chi connectivity index (χ0) is 14.7. The number of anilines is 2. The molecule has 1 aliphatic rings. The van der Waals surface area contributed by atoms with E-state index in [0.717, 1.165) is 13.0 Å². The molecule has 0 saturated heterocycles. The average Bonchev–Trinajstić information content (AvgIpc) is 2.77. The van der Waals surface area contributed by atoms with E-state index >= 15 is 0 Å². The lowest BCUT2D eigenvalue weighted by Crippen LogP contribution is -2.18. The van der Waals surface area contributed by atoms with Gasteiger partial charge < -0.3 is 10.6 Å². The minimum atomic E-state index is 0.149. The standard InChI is InChI=1S/C19H24N2/c1-2-18(20)15-10-12-17(13-11-15)21-14-6-5-8-16-7-3-4-9-19(16)21/h3-4,7,9-13,18H,2,5-6,8,14,20H2,1H3/t18-/m0/s1. The maximum atomic E-state index is 6.11. The number of benzene rings is 2. The average molecular weight is 280 g/mol. The molecular weight excluding hydrogens is 256 g/mol. The monoisotopic (exact) mass is 280 g/mol. The van der Waals surface area contributed by atoms with E-state index < -0.39 is 0 Å². The summed E-state index contributed by atoms with van der Waals surface area (Å²) < 4.78 is 0. The zero-order valence-electron chi connectivity index (χ0n) is 12.8. The Morgan fingerprint density at radius 1 is 1.05 bits per heavy atom. The summed E-state index contributed by atoms with van der Waals surface area (Å²) in [5.41, 5.74) is 11.4. The van der Waals surface area contributed by atoms with Gasteiger partial charge in [0.05, 0.1) is 0 Å². The Balaban J connectivity index is 1.93. The van der Waals surface area contributed by atoms with Crippen LogP contribution in [0.5, 0.6) is 0 Å². The molecule has 110 valence electrons. The highest BCUT2D eigenvalue weighted by molar-refractivity contribution is 5.67. The van der Waals surface area contributed by atoms with E-state index in [9.17, 15) is 0 Å². The van der Waals surface area contributed by atoms with Crippen molar-refractivity contribution in [1.29, 1.82) is 0 Å². The molecule has 0 bridgehead atoms. The van der Waals surface area contributed by atoms with Crippen molar-refractivity contribution >= 4 is 11.4 Å². The second kappa shape index (κ2) is 6.31. The Morgan fingerprint density at radius 3 is 2.57 bits per heavy atom. The van der Waals surface area contributed by atoms with Gasteiger partial charge in [-0.1, -0.05) is 37.3 Å². The number of hydrogen-bond acceptors (Lipinski definition) is 2. The van der Waals surface area contributed by atoms with Gasteiger partial charge in [0.1, 0.15) is 0 Å². The Labute approximate surface area is 127 Å². The first-order valence-electron chi connectivity index (χ1n) is 8.00. The van der Waals surface area contributed by atoms with E-state index in [4.69, 9.17) is 5.73 Å². The molecule has 1 atom stereocenters. The van der Waals surface area contributed by atoms with Gasteiger partial charge in [-0.05, 0) is 55.0 Å². The van der Waals surface area contributed by atoms with Gasteiger partial charge in [0, 0.05) is 24.0 Å². The molecule has 0 saturated carbocycles. The van der Waals surface area contributed by atoms with Crippen molar-refractivity contribution in [2.75, 3.05) is 11.4 Å². The van der Waals surface area contributed by atoms with E-state index in [1.165, 1.54) is 41.8 Å². The summed E-state index contributed by atoms with van der Waals surface area (Å²) in [6, 6.07) is 17.7. The molecule has 0 radical (unpaired) electrons. The molecule has 3 rings (SSSR count). The van der Waals surface area contributed by atoms with Crippen LogP contribution in [0.4, 0.5) is 11.4 Å². The molecule has 0 aliphatic carbocycles. The number of rotatable bonds is 3. The number of hydrogen-bond donors (Lipinski definition) is 1. The maximum Gasteiger partial charge on any atom is 0.0443 e. The zero-order valence-corrected chi connectivity index (χ0v) is 12.8. The molecule has 0 fully saturated rings. The van der Waals surface area contributed by atoms with Crippen molar-refractivity contribution in [3.63, 3.8) is 0 Å². The molecule has 1 aliphatic heterocycles. The SMILES string of the molecule is CC[C@H](N)c1ccc(N2CCCCc3ccccc32)cc1. The fraction of sp³-hybridized carbons (Fsp3) is 0.368. The van der Waals surface area contributed by atoms with Gasteiger partial charge in [-0.2, -0.15) is 0 Å². The first-order valence-corrected chi connectivity index (χ1v) is 8.00. The van der Waals surface area contributed by atoms with Crippen molar-refractivity contribution in [2.45, 2.75) is 38.6 Å². The fourth-order valence-electron chi connectivity index (χ4n) is 3.10. The predicted octanol–water partition coefficient (Wildman–Crippen LogP) is 4.57. The molecule has 0 spiro atoms. The normalized spacial score (nSPS) is 16.2. The highest BCUT2D eigenvalue weighted by Crippen LogP contribution is 2.33. The molecule has 21 heavy (non-hydrogen) atoms. The number of fused-ring (bicyclic) bond motifs is 1. The first kappa shape index (κ1) is 14.2. The summed E-state index contributed by atoms with van der Waals surface area (Å²) in [5.74, 6) is 0. The van der Waals surface area contributed by atoms with E-state index in [1.54, 1.807) is 0 Å². The lowest BCUT2D eigenvalue weighted by atomic mass is 10.0. The fourth-order valence-corrected chi connectivity index (χ4v) is 3.10. The minimum Gasteiger partial charge on any atom is -0.341 e. The van der Waals surface area contributed by atoms with Gasteiger partial charge in [0.2, 0.25) is 0 Å². The number of nitrogens with two attached hydrogens (primary N) is 1. The van der Waals surface area contributed by atoms with Gasteiger partial charge in [0.25, 0.3) is 0 Å². The van der Waals surface area contributed by atoms with Gasteiger partial charge >= 0.3 is 0 Å². The lowest BCUT2D eigenvalue weighted by molar-refractivity contribution is 0.698. The Bertz CT molecular complexity index is 589. The molecule has 1 heterocycles. The van der Waals surface area contributed by atoms with Crippen LogP contribution < -0.4 is 10.6 Å². The molecule has 2 aromatic rings. The van der Waals surface area contributed by atoms with Crippen LogP contribution in [-0.2, 0) is 6.42 Å². The summed E-state index contributed by atoms with van der Waals surface area (Å²) >= 11 is 0. The molecule has 2 aromatic carbocycles. The molecule has 2 heteroatoms. The third-order valence-corrected chi connectivity index (χ3v) is 4.43. The van der Waals surface area contributed by atoms with Crippen molar-refractivity contribution in [3.8, 4) is 0 Å². The van der Waals surface area contributed by atoms with Crippen molar-refractivity contribution in [2.24, 2.45) is 5.73 Å². The summed E-state index contributed by atoms with van der Waals surface area (Å²) in [7, 11) is 0. The topological polar surface area (TPSA) is 29.3 Å². The minimum absolute atomic E-state index is 0.149. The van der Waals surface area contributed by atoms with Gasteiger partial charge in [0.15, 0.2) is 0 Å². The van der Waals surface area contributed by atoms with E-state index in [2.05, 4.69) is 60.4 Å². The van der Waals surface area contributed by atoms with E-state index in [1.807, 2.05) is 0 Å². The van der Waals surface area contributed by atoms with Crippen LogP contribution in [0.2, 0.25) is 0 Å². The van der Waals surface area contributed by atoms with Crippen molar-refractivity contribution in [3.05, 3.63) is 59.7 Å². The summed E-state index contributed by atoms with van der Waals surface area (Å²) in [4.78, 5) is 2.45. The van der Waals surface area contributed by atoms with Gasteiger partial charge in [-0.15, -0.1) is 0 Å². The summed E-state index contributed by atoms with van der Waals surface area (Å²) in [6.45, 7) is 3.22. The largest absolute Gasteiger partial charge is 0.341 e. The third kappa shape index (κ3) is 2.96. The van der Waals surface area contributed by atoms with Crippen LogP contribution in [0.1, 0.15) is 43.4 Å². The highest BCUT2D eigenvalue weighted by atomic mass is 15.1. The van der Waals surface area contributed by atoms with Gasteiger partial charge in [-0.3, -0.25) is 0 Å². The van der Waals surface area contributed by atoms with Crippen LogP contribution in [0.3, 0.4) is 0 Å². The Kier molecular flexibility index (Phi) is 4.26. The number of para-hydroxylation sites is 1. The predicted molar refractivity (Wildman–Crippen MR) is 90.0 cm³/mol. The van der Waals surface area contributed by atoms with E-state index in [0.29, 0.717) is 0 Å². The molecule has 2 N–H and O–H groups in total. The quantitative estimate of drug-likeness (QED) is 0.892. The van der Waals surface area contributed by atoms with Crippen LogP contribution >= 0.6 is 0 Å². The summed E-state index contributed by atoms with van der Waals surface area (Å²) in [5, 5.41) is 0. The number of aryl methyl sites for hydroxylation is 1. The van der Waals surface area contributed by atoms with Crippen LogP contribution in [0, 0.1) is 0 Å².